The van der Waals surface area contributed by atoms with Crippen molar-refractivity contribution in [3.8, 4) is 0 Å². The van der Waals surface area contributed by atoms with E-state index in [1.54, 1.807) is 0 Å². The molecule has 0 radical (unpaired) electrons. The van der Waals surface area contributed by atoms with Gasteiger partial charge in [-0.1, -0.05) is 27.7 Å². The number of piperidine rings is 1. The van der Waals surface area contributed by atoms with Crippen LogP contribution in [-0.4, -0.2) is 29.9 Å². The Kier molecular flexibility index (Phi) is 4.99. The Labute approximate surface area is 106 Å². The van der Waals surface area contributed by atoms with Crippen LogP contribution in [0, 0.1) is 11.3 Å². The van der Waals surface area contributed by atoms with Gasteiger partial charge in [0.1, 0.15) is 0 Å². The lowest BCUT2D eigenvalue weighted by Gasteiger charge is -2.32. The van der Waals surface area contributed by atoms with Crippen LogP contribution < -0.4 is 5.73 Å². The van der Waals surface area contributed by atoms with Gasteiger partial charge >= 0.3 is 0 Å². The Morgan fingerprint density at radius 1 is 1.47 bits per heavy atom. The third kappa shape index (κ3) is 5.53. The number of carbonyl (C=O) groups is 1. The molecule has 1 fully saturated rings. The maximum atomic E-state index is 12.1. The van der Waals surface area contributed by atoms with E-state index in [1.165, 1.54) is 0 Å². The standard InChI is InChI=1S/C14H28N2O/c1-11(9-14(2,3)4)8-13(17)16-7-5-6-12(15)10-16/h11-12H,5-10,15H2,1-4H3/t11?,12-/m1/s1. The first-order chi connectivity index (χ1) is 7.78. The van der Waals surface area contributed by atoms with Crippen LogP contribution in [0.15, 0.2) is 0 Å². The normalized spacial score (nSPS) is 23.6. The zero-order valence-corrected chi connectivity index (χ0v) is 11.8. The average Bonchev–Trinajstić information content (AvgIpc) is 2.14. The SMILES string of the molecule is CC(CC(=O)N1CCC[C@@H](N)C1)CC(C)(C)C. The summed E-state index contributed by atoms with van der Waals surface area (Å²) in [4.78, 5) is 14.1. The molecule has 2 N–H and O–H groups in total. The van der Waals surface area contributed by atoms with Crippen molar-refractivity contribution in [3.05, 3.63) is 0 Å². The molecule has 3 heteroatoms. The van der Waals surface area contributed by atoms with Gasteiger partial charge in [-0.3, -0.25) is 4.79 Å². The summed E-state index contributed by atoms with van der Waals surface area (Å²) in [6, 6.07) is 0.186. The molecule has 1 amide bonds. The smallest absolute Gasteiger partial charge is 0.222 e. The van der Waals surface area contributed by atoms with E-state index >= 15 is 0 Å². The van der Waals surface area contributed by atoms with Crippen molar-refractivity contribution in [2.75, 3.05) is 13.1 Å². The lowest BCUT2D eigenvalue weighted by Crippen LogP contribution is -2.46. The Bertz CT molecular complexity index is 257. The van der Waals surface area contributed by atoms with Gasteiger partial charge in [0, 0.05) is 25.6 Å². The van der Waals surface area contributed by atoms with E-state index < -0.39 is 0 Å². The lowest BCUT2D eigenvalue weighted by atomic mass is 9.84. The fraction of sp³-hybridized carbons (Fsp3) is 0.929. The van der Waals surface area contributed by atoms with Crippen LogP contribution in [-0.2, 0) is 4.79 Å². The highest BCUT2D eigenvalue weighted by atomic mass is 16.2. The molecular weight excluding hydrogens is 212 g/mol. The van der Waals surface area contributed by atoms with Gasteiger partial charge in [0.25, 0.3) is 0 Å². The molecule has 1 aliphatic rings. The highest BCUT2D eigenvalue weighted by Crippen LogP contribution is 2.26. The molecule has 1 rings (SSSR count). The molecule has 1 aliphatic heterocycles. The zero-order valence-electron chi connectivity index (χ0n) is 11.8. The van der Waals surface area contributed by atoms with E-state index in [1.807, 2.05) is 4.90 Å². The number of likely N-dealkylation sites (tertiary alicyclic amines) is 1. The molecule has 17 heavy (non-hydrogen) atoms. The molecule has 0 aliphatic carbocycles. The van der Waals surface area contributed by atoms with E-state index in [4.69, 9.17) is 5.73 Å². The third-order valence-electron chi connectivity index (χ3n) is 3.29. The maximum absolute atomic E-state index is 12.1. The van der Waals surface area contributed by atoms with Crippen LogP contribution in [0.3, 0.4) is 0 Å². The van der Waals surface area contributed by atoms with Crippen LogP contribution in [0.2, 0.25) is 0 Å². The van der Waals surface area contributed by atoms with E-state index in [0.29, 0.717) is 17.8 Å². The molecule has 2 atom stereocenters. The molecule has 1 unspecified atom stereocenters. The monoisotopic (exact) mass is 240 g/mol. The largest absolute Gasteiger partial charge is 0.341 e. The van der Waals surface area contributed by atoms with Crippen molar-refractivity contribution >= 4 is 5.91 Å². The first kappa shape index (κ1) is 14.5. The summed E-state index contributed by atoms with van der Waals surface area (Å²) in [5.41, 5.74) is 6.21. The number of rotatable bonds is 3. The summed E-state index contributed by atoms with van der Waals surface area (Å²) >= 11 is 0. The molecule has 0 spiro atoms. The molecular formula is C14H28N2O. The van der Waals surface area contributed by atoms with Crippen molar-refractivity contribution in [2.24, 2.45) is 17.1 Å². The van der Waals surface area contributed by atoms with Crippen molar-refractivity contribution in [2.45, 2.75) is 59.4 Å². The average molecular weight is 240 g/mol. The van der Waals surface area contributed by atoms with Crippen molar-refractivity contribution < 1.29 is 4.79 Å². The maximum Gasteiger partial charge on any atom is 0.222 e. The van der Waals surface area contributed by atoms with E-state index in [0.717, 1.165) is 32.4 Å². The number of nitrogens with zero attached hydrogens (tertiary/aromatic N) is 1. The zero-order chi connectivity index (χ0) is 13.1. The fourth-order valence-electron chi connectivity index (χ4n) is 2.78. The highest BCUT2D eigenvalue weighted by molar-refractivity contribution is 5.76. The van der Waals surface area contributed by atoms with Crippen LogP contribution in [0.1, 0.15) is 53.4 Å². The minimum absolute atomic E-state index is 0.186. The number of amides is 1. The topological polar surface area (TPSA) is 46.3 Å². The van der Waals surface area contributed by atoms with Gasteiger partial charge in [0.15, 0.2) is 0 Å². The summed E-state index contributed by atoms with van der Waals surface area (Å²) in [7, 11) is 0. The first-order valence-electron chi connectivity index (χ1n) is 6.81. The molecule has 100 valence electrons. The highest BCUT2D eigenvalue weighted by Gasteiger charge is 2.24. The van der Waals surface area contributed by atoms with E-state index in [9.17, 15) is 4.79 Å². The first-order valence-corrected chi connectivity index (χ1v) is 6.81. The summed E-state index contributed by atoms with van der Waals surface area (Å²) in [6.07, 6.45) is 3.88. The van der Waals surface area contributed by atoms with Gasteiger partial charge in [-0.25, -0.2) is 0 Å². The molecule has 3 nitrogen and oxygen atoms in total. The van der Waals surface area contributed by atoms with Gasteiger partial charge in [-0.2, -0.15) is 0 Å². The summed E-state index contributed by atoms with van der Waals surface area (Å²) in [5, 5.41) is 0. The Morgan fingerprint density at radius 2 is 2.12 bits per heavy atom. The molecule has 0 aromatic heterocycles. The summed E-state index contributed by atoms with van der Waals surface area (Å²) < 4.78 is 0. The van der Waals surface area contributed by atoms with Crippen molar-refractivity contribution in [1.82, 2.24) is 4.90 Å². The van der Waals surface area contributed by atoms with E-state index in [2.05, 4.69) is 27.7 Å². The second-order valence-electron chi connectivity index (χ2n) is 6.82. The van der Waals surface area contributed by atoms with Crippen LogP contribution >= 0.6 is 0 Å². The minimum Gasteiger partial charge on any atom is -0.341 e. The van der Waals surface area contributed by atoms with Crippen molar-refractivity contribution in [3.63, 3.8) is 0 Å². The fourth-order valence-corrected chi connectivity index (χ4v) is 2.78. The predicted octanol–water partition coefficient (Wildman–Crippen LogP) is 2.40. The van der Waals surface area contributed by atoms with Crippen molar-refractivity contribution in [1.29, 1.82) is 0 Å². The molecule has 1 saturated heterocycles. The minimum atomic E-state index is 0.186. The molecule has 0 aromatic rings. The van der Waals surface area contributed by atoms with Gasteiger partial charge in [-0.05, 0) is 30.6 Å². The Balaban J connectivity index is 2.38. The van der Waals surface area contributed by atoms with Crippen LogP contribution in [0.4, 0.5) is 0 Å². The summed E-state index contributed by atoms with van der Waals surface area (Å²) in [6.45, 7) is 10.5. The second-order valence-corrected chi connectivity index (χ2v) is 6.82. The van der Waals surface area contributed by atoms with Gasteiger partial charge in [0.2, 0.25) is 5.91 Å². The van der Waals surface area contributed by atoms with Crippen LogP contribution in [0.25, 0.3) is 0 Å². The number of hydrogen-bond acceptors (Lipinski definition) is 2. The number of nitrogens with two attached hydrogens (primary N) is 1. The number of hydrogen-bond donors (Lipinski definition) is 1. The van der Waals surface area contributed by atoms with Gasteiger partial charge in [0.05, 0.1) is 0 Å². The molecule has 1 heterocycles. The lowest BCUT2D eigenvalue weighted by molar-refractivity contribution is -0.133. The quantitative estimate of drug-likeness (QED) is 0.823. The molecule has 0 saturated carbocycles. The van der Waals surface area contributed by atoms with E-state index in [-0.39, 0.29) is 11.9 Å². The Morgan fingerprint density at radius 3 is 2.65 bits per heavy atom. The molecule has 0 aromatic carbocycles. The van der Waals surface area contributed by atoms with Crippen LogP contribution in [0.5, 0.6) is 0 Å². The molecule has 0 bridgehead atoms. The summed E-state index contributed by atoms with van der Waals surface area (Å²) in [5.74, 6) is 0.748. The third-order valence-corrected chi connectivity index (χ3v) is 3.29. The number of carbonyl (C=O) groups excluding carboxylic acids is 1. The predicted molar refractivity (Wildman–Crippen MR) is 71.6 cm³/mol. The van der Waals surface area contributed by atoms with Gasteiger partial charge < -0.3 is 10.6 Å². The van der Waals surface area contributed by atoms with Gasteiger partial charge in [-0.15, -0.1) is 0 Å². The second kappa shape index (κ2) is 5.85. The Hall–Kier alpha value is -0.570.